The van der Waals surface area contributed by atoms with Crippen molar-refractivity contribution in [1.29, 1.82) is 0 Å². The number of rotatable bonds is 5. The lowest BCUT2D eigenvalue weighted by Gasteiger charge is -2.09. The van der Waals surface area contributed by atoms with Crippen molar-refractivity contribution < 1.29 is 9.53 Å². The third kappa shape index (κ3) is 3.17. The Balaban J connectivity index is 2.17. The van der Waals surface area contributed by atoms with Gasteiger partial charge in [0.1, 0.15) is 5.75 Å². The van der Waals surface area contributed by atoms with Gasteiger partial charge in [0, 0.05) is 11.1 Å². The zero-order valence-corrected chi connectivity index (χ0v) is 13.3. The van der Waals surface area contributed by atoms with Crippen molar-refractivity contribution >= 4 is 17.7 Å². The van der Waals surface area contributed by atoms with Crippen LogP contribution in [0, 0.1) is 0 Å². The molecule has 0 radical (unpaired) electrons. The summed E-state index contributed by atoms with van der Waals surface area (Å²) in [5.41, 5.74) is 5.39. The van der Waals surface area contributed by atoms with Crippen LogP contribution in [-0.4, -0.2) is 18.1 Å². The second kappa shape index (κ2) is 6.93. The third-order valence-corrected chi connectivity index (χ3v) is 4.15. The van der Waals surface area contributed by atoms with Crippen LogP contribution < -0.4 is 15.0 Å². The van der Waals surface area contributed by atoms with Gasteiger partial charge in [-0.05, 0) is 42.0 Å². The van der Waals surface area contributed by atoms with Gasteiger partial charge in [-0.15, -0.1) is 16.4 Å². The highest BCUT2D eigenvalue weighted by molar-refractivity contribution is 7.07. The Morgan fingerprint density at radius 3 is 2.52 bits per heavy atom. The molecule has 0 spiro atoms. The lowest BCUT2D eigenvalue weighted by atomic mass is 10.1. The fourth-order valence-electron chi connectivity index (χ4n) is 2.26. The molecule has 0 saturated carbocycles. The molecule has 1 heterocycles. The van der Waals surface area contributed by atoms with Gasteiger partial charge in [-0.25, -0.2) is 5.43 Å². The standard InChI is InChI=1S/C17H15N3O2S/c1-22-15-9-7-13(8-10-15)16-11-23-17(19-18-12-21)20(16)14-5-3-2-4-6-14/h2-12H,1H3,(H,18,21)/b19-17+. The van der Waals surface area contributed by atoms with E-state index < -0.39 is 0 Å². The van der Waals surface area contributed by atoms with E-state index in [9.17, 15) is 4.79 Å². The number of para-hydroxylation sites is 1. The fourth-order valence-corrected chi connectivity index (χ4v) is 3.13. The summed E-state index contributed by atoms with van der Waals surface area (Å²) in [6.07, 6.45) is 0.558. The number of carbonyl (C=O) groups is 1. The van der Waals surface area contributed by atoms with Crippen LogP contribution in [0.2, 0.25) is 0 Å². The molecular weight excluding hydrogens is 310 g/mol. The number of nitrogens with one attached hydrogen (secondary N) is 1. The summed E-state index contributed by atoms with van der Waals surface area (Å²) in [4.78, 5) is 11.2. The first-order valence-electron chi connectivity index (χ1n) is 6.97. The van der Waals surface area contributed by atoms with Crippen LogP contribution in [0.15, 0.2) is 65.1 Å². The van der Waals surface area contributed by atoms with Crippen LogP contribution in [-0.2, 0) is 4.79 Å². The number of hydrogen-bond acceptors (Lipinski definition) is 4. The number of aromatic nitrogens is 1. The molecule has 0 unspecified atom stereocenters. The van der Waals surface area contributed by atoms with E-state index >= 15 is 0 Å². The van der Waals surface area contributed by atoms with Crippen molar-refractivity contribution in [3.63, 3.8) is 0 Å². The number of amides is 1. The molecule has 2 aromatic carbocycles. The Morgan fingerprint density at radius 1 is 1.13 bits per heavy atom. The van der Waals surface area contributed by atoms with Crippen LogP contribution in [0.5, 0.6) is 5.75 Å². The highest BCUT2D eigenvalue weighted by Crippen LogP contribution is 2.25. The van der Waals surface area contributed by atoms with Gasteiger partial charge in [-0.1, -0.05) is 18.2 Å². The Labute approximate surface area is 137 Å². The molecule has 0 saturated heterocycles. The monoisotopic (exact) mass is 325 g/mol. The van der Waals surface area contributed by atoms with E-state index in [1.807, 2.05) is 64.5 Å². The molecule has 3 aromatic rings. The van der Waals surface area contributed by atoms with Crippen molar-refractivity contribution in [3.05, 3.63) is 64.8 Å². The van der Waals surface area contributed by atoms with Gasteiger partial charge in [-0.3, -0.25) is 9.36 Å². The third-order valence-electron chi connectivity index (χ3n) is 3.32. The zero-order chi connectivity index (χ0) is 16.1. The minimum atomic E-state index is 0.558. The SMILES string of the molecule is COc1ccc(-c2cs/c(=N/NC=O)n2-c2ccccc2)cc1. The van der Waals surface area contributed by atoms with Crippen molar-refractivity contribution in [2.45, 2.75) is 0 Å². The molecule has 1 N–H and O–H groups in total. The molecule has 6 heteroatoms. The largest absolute Gasteiger partial charge is 0.497 e. The minimum Gasteiger partial charge on any atom is -0.497 e. The summed E-state index contributed by atoms with van der Waals surface area (Å²) >= 11 is 1.46. The molecule has 1 amide bonds. The lowest BCUT2D eigenvalue weighted by molar-refractivity contribution is -0.109. The van der Waals surface area contributed by atoms with Gasteiger partial charge in [0.2, 0.25) is 11.2 Å². The maximum absolute atomic E-state index is 10.5. The van der Waals surface area contributed by atoms with Crippen LogP contribution in [0.3, 0.4) is 0 Å². The molecule has 0 bridgehead atoms. The molecule has 0 atom stereocenters. The van der Waals surface area contributed by atoms with Crippen molar-refractivity contribution in [1.82, 2.24) is 9.99 Å². The van der Waals surface area contributed by atoms with Crippen LogP contribution in [0.25, 0.3) is 16.9 Å². The first-order chi connectivity index (χ1) is 11.3. The summed E-state index contributed by atoms with van der Waals surface area (Å²) in [7, 11) is 1.64. The van der Waals surface area contributed by atoms with E-state index in [1.54, 1.807) is 7.11 Å². The molecule has 0 aliphatic carbocycles. The Kier molecular flexibility index (Phi) is 4.54. The lowest BCUT2D eigenvalue weighted by Crippen LogP contribution is -2.18. The molecule has 23 heavy (non-hydrogen) atoms. The fraction of sp³-hybridized carbons (Fsp3) is 0.0588. The quantitative estimate of drug-likeness (QED) is 0.579. The second-order valence-electron chi connectivity index (χ2n) is 4.66. The van der Waals surface area contributed by atoms with Crippen molar-refractivity contribution in [3.8, 4) is 22.7 Å². The molecule has 3 rings (SSSR count). The Morgan fingerprint density at radius 2 is 1.87 bits per heavy atom. The Hall–Kier alpha value is -2.86. The maximum atomic E-state index is 10.5. The minimum absolute atomic E-state index is 0.558. The van der Waals surface area contributed by atoms with E-state index in [-0.39, 0.29) is 0 Å². The van der Waals surface area contributed by atoms with Crippen LogP contribution in [0.1, 0.15) is 0 Å². The number of thiazole rings is 1. The smallest absolute Gasteiger partial charge is 0.227 e. The molecule has 1 aromatic heterocycles. The molecule has 5 nitrogen and oxygen atoms in total. The number of nitrogens with zero attached hydrogens (tertiary/aromatic N) is 2. The van der Waals surface area contributed by atoms with Gasteiger partial charge in [0.15, 0.2) is 0 Å². The van der Waals surface area contributed by atoms with E-state index in [4.69, 9.17) is 4.74 Å². The predicted octanol–water partition coefficient (Wildman–Crippen LogP) is 2.78. The summed E-state index contributed by atoms with van der Waals surface area (Å²) in [6.45, 7) is 0. The highest BCUT2D eigenvalue weighted by Gasteiger charge is 2.10. The zero-order valence-electron chi connectivity index (χ0n) is 12.5. The molecule has 0 aliphatic heterocycles. The normalized spacial score (nSPS) is 11.3. The maximum Gasteiger partial charge on any atom is 0.227 e. The van der Waals surface area contributed by atoms with Gasteiger partial charge in [-0.2, -0.15) is 0 Å². The first kappa shape index (κ1) is 15.1. The number of benzene rings is 2. The average Bonchev–Trinajstić information content (AvgIpc) is 3.04. The summed E-state index contributed by atoms with van der Waals surface area (Å²) < 4.78 is 7.21. The highest BCUT2D eigenvalue weighted by atomic mass is 32.1. The molecule has 0 aliphatic rings. The van der Waals surface area contributed by atoms with Crippen molar-refractivity contribution in [2.75, 3.05) is 7.11 Å². The first-order valence-corrected chi connectivity index (χ1v) is 7.84. The van der Waals surface area contributed by atoms with Gasteiger partial charge in [0.25, 0.3) is 0 Å². The number of hydrogen-bond donors (Lipinski definition) is 1. The van der Waals surface area contributed by atoms with E-state index in [2.05, 4.69) is 10.5 Å². The molecular formula is C17H15N3O2S. The predicted molar refractivity (Wildman–Crippen MR) is 90.4 cm³/mol. The molecule has 116 valence electrons. The summed E-state index contributed by atoms with van der Waals surface area (Å²) in [5, 5.41) is 6.13. The van der Waals surface area contributed by atoms with Gasteiger partial charge in [0.05, 0.1) is 12.8 Å². The number of methoxy groups -OCH3 is 1. The van der Waals surface area contributed by atoms with E-state index in [0.717, 1.165) is 22.7 Å². The average molecular weight is 325 g/mol. The van der Waals surface area contributed by atoms with Crippen molar-refractivity contribution in [2.24, 2.45) is 5.10 Å². The summed E-state index contributed by atoms with van der Waals surface area (Å²) in [5.74, 6) is 0.808. The number of carbonyl (C=O) groups excluding carboxylic acids is 1. The van der Waals surface area contributed by atoms with Gasteiger partial charge < -0.3 is 4.74 Å². The van der Waals surface area contributed by atoms with E-state index in [1.165, 1.54) is 11.3 Å². The summed E-state index contributed by atoms with van der Waals surface area (Å²) in [6, 6.07) is 17.7. The Bertz CT molecular complexity index is 852. The van der Waals surface area contributed by atoms with E-state index in [0.29, 0.717) is 11.2 Å². The number of ether oxygens (including phenoxy) is 1. The van der Waals surface area contributed by atoms with Gasteiger partial charge >= 0.3 is 0 Å². The topological polar surface area (TPSA) is 55.6 Å². The molecule has 0 fully saturated rings. The second-order valence-corrected chi connectivity index (χ2v) is 5.50. The van der Waals surface area contributed by atoms with Crippen LogP contribution in [0.4, 0.5) is 0 Å². The van der Waals surface area contributed by atoms with Crippen LogP contribution >= 0.6 is 11.3 Å².